The molecule has 0 bridgehead atoms. The van der Waals surface area contributed by atoms with E-state index >= 15 is 0 Å². The highest BCUT2D eigenvalue weighted by Crippen LogP contribution is 2.15. The molecule has 0 unspecified atom stereocenters. The van der Waals surface area contributed by atoms with Crippen molar-refractivity contribution >= 4 is 11.8 Å². The van der Waals surface area contributed by atoms with E-state index in [1.807, 2.05) is 23.4 Å². The molecule has 4 nitrogen and oxygen atoms in total. The zero-order chi connectivity index (χ0) is 12.8. The molecular formula is C12H23N3OS. The molecule has 0 spiro atoms. The summed E-state index contributed by atoms with van der Waals surface area (Å²) in [4.78, 5) is 2.32. The van der Waals surface area contributed by atoms with Gasteiger partial charge >= 0.3 is 0 Å². The van der Waals surface area contributed by atoms with Crippen LogP contribution in [0.25, 0.3) is 0 Å². The number of nitrogens with zero attached hydrogens (tertiary/aromatic N) is 3. The van der Waals surface area contributed by atoms with Crippen molar-refractivity contribution in [1.29, 1.82) is 0 Å². The first-order valence-corrected chi connectivity index (χ1v) is 7.30. The average molecular weight is 257 g/mol. The quantitative estimate of drug-likeness (QED) is 0.799. The Labute approximate surface area is 108 Å². The molecule has 0 aliphatic carbocycles. The Kier molecular flexibility index (Phi) is 6.02. The second kappa shape index (κ2) is 7.03. The van der Waals surface area contributed by atoms with Gasteiger partial charge in [-0.1, -0.05) is 0 Å². The Balaban J connectivity index is 2.69. The second-order valence-electron chi connectivity index (χ2n) is 4.33. The van der Waals surface area contributed by atoms with Crippen molar-refractivity contribution < 1.29 is 5.11 Å². The first-order valence-electron chi connectivity index (χ1n) is 5.91. The molecule has 0 aliphatic rings. The molecule has 0 saturated carbocycles. The smallest absolute Gasteiger partial charge is 0.0644 e. The molecule has 0 fully saturated rings. The molecule has 1 aromatic heterocycles. The highest BCUT2D eigenvalue weighted by atomic mass is 32.2. The maximum Gasteiger partial charge on any atom is 0.0644 e. The van der Waals surface area contributed by atoms with E-state index in [1.165, 1.54) is 11.3 Å². The van der Waals surface area contributed by atoms with Crippen LogP contribution in [0.4, 0.5) is 0 Å². The number of aromatic nitrogens is 2. The van der Waals surface area contributed by atoms with Crippen LogP contribution in [0.2, 0.25) is 0 Å². The summed E-state index contributed by atoms with van der Waals surface area (Å²) in [6, 6.07) is 0. The van der Waals surface area contributed by atoms with E-state index in [9.17, 15) is 0 Å². The summed E-state index contributed by atoms with van der Waals surface area (Å²) in [5.41, 5.74) is 3.54. The van der Waals surface area contributed by atoms with Crippen LogP contribution >= 0.6 is 11.8 Å². The Morgan fingerprint density at radius 3 is 2.71 bits per heavy atom. The van der Waals surface area contributed by atoms with E-state index in [4.69, 9.17) is 5.11 Å². The fourth-order valence-corrected chi connectivity index (χ4v) is 2.37. The van der Waals surface area contributed by atoms with Gasteiger partial charge in [-0.3, -0.25) is 4.68 Å². The highest BCUT2D eigenvalue weighted by Gasteiger charge is 2.12. The Morgan fingerprint density at radius 2 is 2.12 bits per heavy atom. The molecule has 1 rings (SSSR count). The minimum atomic E-state index is 0.143. The lowest BCUT2D eigenvalue weighted by molar-refractivity contribution is 0.267. The third kappa shape index (κ3) is 4.01. The SMILES string of the molecule is CSCCN(C)Cc1c(C)nn(CCO)c1C. The van der Waals surface area contributed by atoms with Gasteiger partial charge in [-0.25, -0.2) is 0 Å². The average Bonchev–Trinajstić information content (AvgIpc) is 2.55. The van der Waals surface area contributed by atoms with E-state index in [0.29, 0.717) is 6.54 Å². The lowest BCUT2D eigenvalue weighted by Gasteiger charge is -2.16. The fraction of sp³-hybridized carbons (Fsp3) is 0.750. The van der Waals surface area contributed by atoms with Crippen molar-refractivity contribution in [1.82, 2.24) is 14.7 Å². The van der Waals surface area contributed by atoms with Crippen molar-refractivity contribution in [2.45, 2.75) is 26.9 Å². The number of hydrogen-bond acceptors (Lipinski definition) is 4. The third-order valence-corrected chi connectivity index (χ3v) is 3.54. The predicted octanol–water partition coefficient (Wildman–Crippen LogP) is 1.29. The number of aryl methyl sites for hydroxylation is 1. The van der Waals surface area contributed by atoms with Gasteiger partial charge in [0.1, 0.15) is 0 Å². The predicted molar refractivity (Wildman–Crippen MR) is 73.5 cm³/mol. The Bertz CT molecular complexity index is 352. The van der Waals surface area contributed by atoms with Gasteiger partial charge in [0.25, 0.3) is 0 Å². The minimum absolute atomic E-state index is 0.143. The maximum atomic E-state index is 8.97. The van der Waals surface area contributed by atoms with Gasteiger partial charge in [0.05, 0.1) is 18.8 Å². The molecule has 0 radical (unpaired) electrons. The van der Waals surface area contributed by atoms with Crippen molar-refractivity contribution in [3.63, 3.8) is 0 Å². The number of aliphatic hydroxyl groups is 1. The molecule has 0 aliphatic heterocycles. The molecule has 0 aromatic carbocycles. The van der Waals surface area contributed by atoms with Crippen molar-refractivity contribution in [2.75, 3.05) is 32.2 Å². The van der Waals surface area contributed by atoms with E-state index in [0.717, 1.165) is 24.5 Å². The summed E-state index contributed by atoms with van der Waals surface area (Å²) in [5, 5.41) is 13.4. The first kappa shape index (κ1) is 14.5. The van der Waals surface area contributed by atoms with Crippen LogP contribution in [-0.2, 0) is 13.1 Å². The van der Waals surface area contributed by atoms with Gasteiger partial charge < -0.3 is 10.0 Å². The molecule has 1 heterocycles. The van der Waals surface area contributed by atoms with E-state index in [1.54, 1.807) is 0 Å². The third-order valence-electron chi connectivity index (χ3n) is 2.95. The molecule has 0 amide bonds. The monoisotopic (exact) mass is 257 g/mol. The summed E-state index contributed by atoms with van der Waals surface area (Å²) >= 11 is 1.87. The van der Waals surface area contributed by atoms with Crippen LogP contribution in [0.3, 0.4) is 0 Å². The van der Waals surface area contributed by atoms with Gasteiger partial charge in [0.15, 0.2) is 0 Å². The second-order valence-corrected chi connectivity index (χ2v) is 5.31. The topological polar surface area (TPSA) is 41.3 Å². The van der Waals surface area contributed by atoms with Gasteiger partial charge in [0, 0.05) is 30.1 Å². The number of rotatable bonds is 7. The molecule has 0 atom stereocenters. The van der Waals surface area contributed by atoms with Gasteiger partial charge in [0.2, 0.25) is 0 Å². The summed E-state index contributed by atoms with van der Waals surface area (Å²) in [5.74, 6) is 1.15. The fourth-order valence-electron chi connectivity index (χ4n) is 1.87. The zero-order valence-electron chi connectivity index (χ0n) is 11.2. The molecule has 5 heteroatoms. The molecule has 0 saturated heterocycles. The largest absolute Gasteiger partial charge is 0.394 e. The van der Waals surface area contributed by atoms with Crippen LogP contribution in [0, 0.1) is 13.8 Å². The van der Waals surface area contributed by atoms with Crippen molar-refractivity contribution in [2.24, 2.45) is 0 Å². The first-order chi connectivity index (χ1) is 8.10. The normalized spacial score (nSPS) is 11.4. The molecule has 98 valence electrons. The summed E-state index contributed by atoms with van der Waals surface area (Å²) in [7, 11) is 2.14. The zero-order valence-corrected chi connectivity index (χ0v) is 12.0. The standard InChI is InChI=1S/C12H23N3OS/c1-10-12(9-14(3)6-8-17-4)11(2)15(13-10)5-7-16/h16H,5-9H2,1-4H3. The number of thioether (sulfide) groups is 1. The van der Waals surface area contributed by atoms with Crippen molar-refractivity contribution in [3.05, 3.63) is 17.0 Å². The molecule has 17 heavy (non-hydrogen) atoms. The minimum Gasteiger partial charge on any atom is -0.394 e. The van der Waals surface area contributed by atoms with Crippen LogP contribution < -0.4 is 0 Å². The van der Waals surface area contributed by atoms with Crippen LogP contribution in [0.1, 0.15) is 17.0 Å². The lowest BCUT2D eigenvalue weighted by Crippen LogP contribution is -2.21. The molecule has 1 aromatic rings. The van der Waals surface area contributed by atoms with Crippen LogP contribution in [-0.4, -0.2) is 52.0 Å². The Hall–Kier alpha value is -0.520. The van der Waals surface area contributed by atoms with E-state index < -0.39 is 0 Å². The van der Waals surface area contributed by atoms with Gasteiger partial charge in [-0.05, 0) is 27.2 Å². The van der Waals surface area contributed by atoms with E-state index in [2.05, 4.69) is 30.2 Å². The summed E-state index contributed by atoms with van der Waals surface area (Å²) in [6.07, 6.45) is 2.13. The summed E-state index contributed by atoms with van der Waals surface area (Å²) in [6.45, 7) is 6.87. The van der Waals surface area contributed by atoms with Crippen molar-refractivity contribution in [3.8, 4) is 0 Å². The highest BCUT2D eigenvalue weighted by molar-refractivity contribution is 7.98. The summed E-state index contributed by atoms with van der Waals surface area (Å²) < 4.78 is 1.90. The Morgan fingerprint density at radius 1 is 1.41 bits per heavy atom. The van der Waals surface area contributed by atoms with Crippen LogP contribution in [0.5, 0.6) is 0 Å². The molecule has 1 N–H and O–H groups in total. The van der Waals surface area contributed by atoms with E-state index in [-0.39, 0.29) is 6.61 Å². The number of hydrogen-bond donors (Lipinski definition) is 1. The van der Waals surface area contributed by atoms with Crippen LogP contribution in [0.15, 0.2) is 0 Å². The van der Waals surface area contributed by atoms with Gasteiger partial charge in [-0.2, -0.15) is 16.9 Å². The molecular weight excluding hydrogens is 234 g/mol. The lowest BCUT2D eigenvalue weighted by atomic mass is 10.2. The maximum absolute atomic E-state index is 8.97. The number of aliphatic hydroxyl groups excluding tert-OH is 1. The van der Waals surface area contributed by atoms with Gasteiger partial charge in [-0.15, -0.1) is 0 Å².